The van der Waals surface area contributed by atoms with Crippen molar-refractivity contribution in [3.05, 3.63) is 64.3 Å². The highest BCUT2D eigenvalue weighted by Crippen LogP contribution is 2.36. The molecule has 0 aliphatic carbocycles. The number of amides is 1. The van der Waals surface area contributed by atoms with Crippen LogP contribution in [-0.4, -0.2) is 56.2 Å². The molecule has 0 radical (unpaired) electrons. The van der Waals surface area contributed by atoms with Gasteiger partial charge in [-0.25, -0.2) is 4.98 Å². The Morgan fingerprint density at radius 2 is 2.04 bits per heavy atom. The number of aromatic nitrogens is 2. The lowest BCUT2D eigenvalue weighted by Crippen LogP contribution is -2.57. The van der Waals surface area contributed by atoms with Gasteiger partial charge in [-0.3, -0.25) is 14.4 Å². The van der Waals surface area contributed by atoms with Crippen LogP contribution in [0.1, 0.15) is 35.3 Å². The van der Waals surface area contributed by atoms with Crippen LogP contribution in [0.2, 0.25) is 0 Å². The summed E-state index contributed by atoms with van der Waals surface area (Å²) in [4.78, 5) is 43.6. The zero-order valence-electron chi connectivity index (χ0n) is 15.4. The molecule has 1 amide bonds. The Morgan fingerprint density at radius 1 is 1.29 bits per heavy atom. The molecule has 2 aromatic rings. The fraction of sp³-hybridized carbons (Fsp3) is 0.400. The number of nitrogens with zero attached hydrogens (tertiary/aromatic N) is 2. The topological polar surface area (TPSA) is 124 Å². The van der Waals surface area contributed by atoms with Gasteiger partial charge in [0.1, 0.15) is 11.1 Å². The average molecular weight is 385 g/mol. The van der Waals surface area contributed by atoms with Crippen LogP contribution in [0.25, 0.3) is 0 Å². The van der Waals surface area contributed by atoms with Crippen LogP contribution in [0.5, 0.6) is 0 Å². The van der Waals surface area contributed by atoms with Crippen molar-refractivity contribution in [3.63, 3.8) is 0 Å². The van der Waals surface area contributed by atoms with E-state index in [1.165, 1.54) is 11.1 Å². The summed E-state index contributed by atoms with van der Waals surface area (Å²) >= 11 is 0. The number of carboxylic acids is 1. The van der Waals surface area contributed by atoms with E-state index in [0.717, 1.165) is 11.8 Å². The van der Waals surface area contributed by atoms with Gasteiger partial charge in [-0.15, -0.1) is 0 Å². The van der Waals surface area contributed by atoms with E-state index in [0.29, 0.717) is 12.8 Å². The Morgan fingerprint density at radius 3 is 2.68 bits per heavy atom. The van der Waals surface area contributed by atoms with E-state index < -0.39 is 29.0 Å². The number of aryl methyl sites for hydroxylation is 1. The van der Waals surface area contributed by atoms with Gasteiger partial charge >= 0.3 is 5.97 Å². The number of carboxylic acid groups (broad SMARTS) is 1. The molecular weight excluding hydrogens is 362 g/mol. The highest BCUT2D eigenvalue weighted by molar-refractivity contribution is 5.92. The molecule has 8 heteroatoms. The first-order valence-electron chi connectivity index (χ1n) is 9.22. The largest absolute Gasteiger partial charge is 0.481 e. The first kappa shape index (κ1) is 19.8. The molecule has 2 atom stereocenters. The molecule has 8 nitrogen and oxygen atoms in total. The van der Waals surface area contributed by atoms with Crippen LogP contribution >= 0.6 is 0 Å². The maximum Gasteiger partial charge on any atom is 0.314 e. The molecule has 0 unspecified atom stereocenters. The number of H-pyrrole nitrogens is 1. The molecule has 1 fully saturated rings. The van der Waals surface area contributed by atoms with Crippen molar-refractivity contribution in [2.75, 3.05) is 13.1 Å². The third-order valence-corrected chi connectivity index (χ3v) is 5.32. The Bertz CT molecular complexity index is 878. The van der Waals surface area contributed by atoms with Crippen LogP contribution < -0.4 is 5.56 Å². The minimum absolute atomic E-state index is 0.0413. The molecule has 3 N–H and O–H groups in total. The van der Waals surface area contributed by atoms with E-state index in [2.05, 4.69) is 9.97 Å². The smallest absolute Gasteiger partial charge is 0.314 e. The summed E-state index contributed by atoms with van der Waals surface area (Å²) in [6.07, 6.45) is 2.88. The normalized spacial score (nSPS) is 22.0. The number of aromatic amines is 1. The predicted octanol–water partition coefficient (Wildman–Crippen LogP) is 1.07. The molecule has 1 aliphatic rings. The van der Waals surface area contributed by atoms with E-state index in [9.17, 15) is 24.6 Å². The number of aliphatic hydroxyl groups is 1. The van der Waals surface area contributed by atoms with Crippen LogP contribution in [0.15, 0.2) is 47.5 Å². The zero-order valence-corrected chi connectivity index (χ0v) is 15.4. The molecule has 0 spiro atoms. The van der Waals surface area contributed by atoms with Crippen molar-refractivity contribution in [2.24, 2.45) is 5.41 Å². The second-order valence-electron chi connectivity index (χ2n) is 7.13. The number of aliphatic carboxylic acids is 1. The van der Waals surface area contributed by atoms with Crippen molar-refractivity contribution in [3.8, 4) is 0 Å². The SMILES string of the molecule is O=C(c1c[nH]c(=O)cn1)N1CC[C@H](O)[C@](CCCc2ccccc2)(C(=O)O)C1. The summed E-state index contributed by atoms with van der Waals surface area (Å²) < 4.78 is 0. The average Bonchev–Trinajstić information content (AvgIpc) is 2.70. The molecule has 148 valence electrons. The molecule has 28 heavy (non-hydrogen) atoms. The number of likely N-dealkylation sites (tertiary alicyclic amines) is 1. The van der Waals surface area contributed by atoms with Crippen LogP contribution in [0.4, 0.5) is 0 Å². The van der Waals surface area contributed by atoms with Gasteiger partial charge in [-0.05, 0) is 31.2 Å². The number of piperidine rings is 1. The number of nitrogens with one attached hydrogen (secondary N) is 1. The third-order valence-electron chi connectivity index (χ3n) is 5.32. The van der Waals surface area contributed by atoms with Gasteiger partial charge in [-0.1, -0.05) is 30.3 Å². The van der Waals surface area contributed by atoms with Crippen molar-refractivity contribution in [2.45, 2.75) is 31.8 Å². The fourth-order valence-corrected chi connectivity index (χ4v) is 3.69. The third kappa shape index (κ3) is 4.12. The molecule has 1 aliphatic heterocycles. The molecule has 0 bridgehead atoms. The van der Waals surface area contributed by atoms with Gasteiger partial charge in [0.25, 0.3) is 11.5 Å². The molecule has 0 saturated carbocycles. The fourth-order valence-electron chi connectivity index (χ4n) is 3.69. The van der Waals surface area contributed by atoms with Gasteiger partial charge in [0.15, 0.2) is 0 Å². The number of carbonyl (C=O) groups is 2. The quantitative estimate of drug-likeness (QED) is 0.683. The van der Waals surface area contributed by atoms with Crippen molar-refractivity contribution in [1.82, 2.24) is 14.9 Å². The summed E-state index contributed by atoms with van der Waals surface area (Å²) in [5.41, 5.74) is -0.713. The standard InChI is InChI=1S/C20H23N3O5/c24-16-8-10-23(18(26)15-11-22-17(25)12-21-15)13-20(16,19(27)28)9-4-7-14-5-2-1-3-6-14/h1-3,5-6,11-12,16,24H,4,7-10,13H2,(H,22,25)(H,27,28)/t16-,20+/m0/s1. The Hall–Kier alpha value is -3.00. The predicted molar refractivity (Wildman–Crippen MR) is 101 cm³/mol. The summed E-state index contributed by atoms with van der Waals surface area (Å²) in [5, 5.41) is 20.4. The maximum absolute atomic E-state index is 12.7. The highest BCUT2D eigenvalue weighted by atomic mass is 16.4. The zero-order chi connectivity index (χ0) is 20.1. The molecule has 3 rings (SSSR count). The monoisotopic (exact) mass is 385 g/mol. The van der Waals surface area contributed by atoms with E-state index in [-0.39, 0.29) is 31.6 Å². The van der Waals surface area contributed by atoms with Gasteiger partial charge in [-0.2, -0.15) is 0 Å². The molecular formula is C20H23N3O5. The second-order valence-corrected chi connectivity index (χ2v) is 7.13. The van der Waals surface area contributed by atoms with Crippen molar-refractivity contribution >= 4 is 11.9 Å². The molecule has 1 aromatic heterocycles. The number of aliphatic hydroxyl groups excluding tert-OH is 1. The summed E-state index contributed by atoms with van der Waals surface area (Å²) in [6.45, 7) is 0.131. The Labute approximate surface area is 161 Å². The molecule has 2 heterocycles. The van der Waals surface area contributed by atoms with E-state index >= 15 is 0 Å². The Balaban J connectivity index is 1.74. The maximum atomic E-state index is 12.7. The van der Waals surface area contributed by atoms with Crippen LogP contribution in [-0.2, 0) is 11.2 Å². The van der Waals surface area contributed by atoms with Crippen molar-refractivity contribution < 1.29 is 19.8 Å². The molecule has 1 aromatic carbocycles. The lowest BCUT2D eigenvalue weighted by Gasteiger charge is -2.43. The van der Waals surface area contributed by atoms with Gasteiger partial charge < -0.3 is 20.1 Å². The van der Waals surface area contributed by atoms with Crippen molar-refractivity contribution in [1.29, 1.82) is 0 Å². The summed E-state index contributed by atoms with van der Waals surface area (Å²) in [6, 6.07) is 9.72. The first-order chi connectivity index (χ1) is 13.4. The minimum atomic E-state index is -1.43. The second kappa shape index (κ2) is 8.35. The van der Waals surface area contributed by atoms with Gasteiger partial charge in [0.05, 0.1) is 12.3 Å². The summed E-state index contributed by atoms with van der Waals surface area (Å²) in [7, 11) is 0. The Kier molecular flexibility index (Phi) is 5.89. The number of benzene rings is 1. The highest BCUT2D eigenvalue weighted by Gasteiger charge is 2.49. The van der Waals surface area contributed by atoms with E-state index in [1.54, 1.807) is 0 Å². The van der Waals surface area contributed by atoms with E-state index in [4.69, 9.17) is 0 Å². The number of hydrogen-bond acceptors (Lipinski definition) is 5. The van der Waals surface area contributed by atoms with Gasteiger partial charge in [0.2, 0.25) is 0 Å². The summed E-state index contributed by atoms with van der Waals surface area (Å²) in [5.74, 6) is -1.57. The van der Waals surface area contributed by atoms with E-state index in [1.807, 2.05) is 30.3 Å². The van der Waals surface area contributed by atoms with Crippen LogP contribution in [0.3, 0.4) is 0 Å². The number of carbonyl (C=O) groups excluding carboxylic acids is 1. The lowest BCUT2D eigenvalue weighted by atomic mass is 9.73. The van der Waals surface area contributed by atoms with Gasteiger partial charge in [0, 0.05) is 19.3 Å². The molecule has 1 saturated heterocycles. The number of rotatable bonds is 6. The minimum Gasteiger partial charge on any atom is -0.481 e. The first-order valence-corrected chi connectivity index (χ1v) is 9.22. The van der Waals surface area contributed by atoms with Crippen LogP contribution in [0, 0.1) is 5.41 Å². The number of hydrogen-bond donors (Lipinski definition) is 3. The lowest BCUT2D eigenvalue weighted by molar-refractivity contribution is -0.162.